The molecular weight excluding hydrogens is 298 g/mol. The summed E-state index contributed by atoms with van der Waals surface area (Å²) in [6.07, 6.45) is -0.434. The summed E-state index contributed by atoms with van der Waals surface area (Å²) < 4.78 is 7.06. The average Bonchev–Trinajstić information content (AvgIpc) is 2.76. The number of nitrogens with one attached hydrogen (secondary N) is 3. The van der Waals surface area contributed by atoms with Gasteiger partial charge in [0.25, 0.3) is 0 Å². The third kappa shape index (κ3) is 6.98. The van der Waals surface area contributed by atoms with Gasteiger partial charge in [0, 0.05) is 27.2 Å². The summed E-state index contributed by atoms with van der Waals surface area (Å²) in [6, 6.07) is 0. The number of hydrogen-bond acceptors (Lipinski definition) is 5. The number of carbonyl (C=O) groups excluding carboxylic acids is 1. The van der Waals surface area contributed by atoms with E-state index >= 15 is 0 Å². The van der Waals surface area contributed by atoms with E-state index in [1.54, 1.807) is 7.05 Å². The molecule has 1 rings (SSSR count). The molecule has 0 radical (unpaired) electrons. The van der Waals surface area contributed by atoms with E-state index in [4.69, 9.17) is 4.74 Å². The molecule has 0 saturated heterocycles. The number of guanidine groups is 1. The molecule has 9 nitrogen and oxygen atoms in total. The molecule has 0 unspecified atom stereocenters. The first-order valence-corrected chi connectivity index (χ1v) is 7.49. The van der Waals surface area contributed by atoms with E-state index in [1.165, 1.54) is 0 Å². The van der Waals surface area contributed by atoms with Gasteiger partial charge in [0.1, 0.15) is 11.4 Å². The maximum absolute atomic E-state index is 11.5. The molecule has 0 aliphatic heterocycles. The highest BCUT2D eigenvalue weighted by Gasteiger charge is 2.15. The molecule has 0 aromatic carbocycles. The molecule has 130 valence electrons. The van der Waals surface area contributed by atoms with Crippen LogP contribution in [0.2, 0.25) is 0 Å². The highest BCUT2D eigenvalue weighted by Crippen LogP contribution is 2.05. The molecule has 3 N–H and O–H groups in total. The van der Waals surface area contributed by atoms with Gasteiger partial charge in [-0.25, -0.2) is 4.79 Å². The van der Waals surface area contributed by atoms with E-state index < -0.39 is 11.7 Å². The summed E-state index contributed by atoms with van der Waals surface area (Å²) in [5.41, 5.74) is -0.497. The third-order valence-corrected chi connectivity index (χ3v) is 2.91. The zero-order valence-electron chi connectivity index (χ0n) is 14.7. The van der Waals surface area contributed by atoms with Gasteiger partial charge in [0.15, 0.2) is 11.8 Å². The molecule has 1 amide bonds. The Kier molecular flexibility index (Phi) is 6.80. The van der Waals surface area contributed by atoms with E-state index in [1.807, 2.05) is 39.3 Å². The second-order valence-corrected chi connectivity index (χ2v) is 6.00. The fourth-order valence-electron chi connectivity index (χ4n) is 1.65. The number of ether oxygens (including phenoxy) is 1. The summed E-state index contributed by atoms with van der Waals surface area (Å²) in [5, 5.41) is 17.0. The molecule has 23 heavy (non-hydrogen) atoms. The van der Waals surface area contributed by atoms with E-state index in [0.29, 0.717) is 25.6 Å². The van der Waals surface area contributed by atoms with Crippen LogP contribution in [0.3, 0.4) is 0 Å². The summed E-state index contributed by atoms with van der Waals surface area (Å²) in [5.74, 6) is 2.29. The van der Waals surface area contributed by atoms with Gasteiger partial charge in [-0.05, 0) is 27.7 Å². The molecule has 0 spiro atoms. The number of alkyl carbamates (subject to hydrolysis) is 1. The van der Waals surface area contributed by atoms with Crippen LogP contribution in [-0.2, 0) is 18.3 Å². The van der Waals surface area contributed by atoms with Crippen molar-refractivity contribution in [3.05, 3.63) is 11.6 Å². The Bertz CT molecular complexity index is 546. The van der Waals surface area contributed by atoms with Crippen LogP contribution in [0.4, 0.5) is 4.79 Å². The first-order valence-electron chi connectivity index (χ1n) is 7.49. The molecule has 0 saturated carbocycles. The number of aliphatic imine (C=N–C) groups is 1. The largest absolute Gasteiger partial charge is 0.444 e. The maximum Gasteiger partial charge on any atom is 0.407 e. The zero-order chi connectivity index (χ0) is 17.5. The van der Waals surface area contributed by atoms with Gasteiger partial charge < -0.3 is 25.3 Å². The number of nitrogens with zero attached hydrogens (tertiary/aromatic N) is 4. The zero-order valence-corrected chi connectivity index (χ0v) is 14.7. The van der Waals surface area contributed by atoms with E-state index in [2.05, 4.69) is 31.1 Å². The molecule has 0 bridgehead atoms. The SMILES string of the molecule is CN=C(NCCNC(=O)OC(C)(C)C)NCc1nnc(C)n1C. The Labute approximate surface area is 136 Å². The van der Waals surface area contributed by atoms with Crippen molar-refractivity contribution >= 4 is 12.1 Å². The van der Waals surface area contributed by atoms with E-state index in [-0.39, 0.29) is 0 Å². The molecule has 0 aliphatic carbocycles. The predicted molar refractivity (Wildman–Crippen MR) is 88.2 cm³/mol. The first kappa shape index (κ1) is 18.7. The smallest absolute Gasteiger partial charge is 0.407 e. The molecule has 1 aromatic heterocycles. The Morgan fingerprint density at radius 3 is 2.39 bits per heavy atom. The standard InChI is InChI=1S/C14H27N7O2/c1-10-19-20-11(21(10)6)9-18-12(15-5)16-7-8-17-13(22)23-14(2,3)4/h7-9H2,1-6H3,(H,17,22)(H2,15,16,18). The van der Waals surface area contributed by atoms with Crippen molar-refractivity contribution in [1.82, 2.24) is 30.7 Å². The quantitative estimate of drug-likeness (QED) is 0.409. The molecule has 0 atom stereocenters. The van der Waals surface area contributed by atoms with Gasteiger partial charge in [-0.2, -0.15) is 0 Å². The fourth-order valence-corrected chi connectivity index (χ4v) is 1.65. The van der Waals surface area contributed by atoms with Gasteiger partial charge in [-0.15, -0.1) is 10.2 Å². The monoisotopic (exact) mass is 325 g/mol. The Balaban J connectivity index is 2.27. The van der Waals surface area contributed by atoms with Gasteiger partial charge >= 0.3 is 6.09 Å². The summed E-state index contributed by atoms with van der Waals surface area (Å²) >= 11 is 0. The van der Waals surface area contributed by atoms with Crippen LogP contribution in [0.5, 0.6) is 0 Å². The lowest BCUT2D eigenvalue weighted by Gasteiger charge is -2.19. The highest BCUT2D eigenvalue weighted by molar-refractivity contribution is 5.79. The van der Waals surface area contributed by atoms with Gasteiger partial charge in [-0.1, -0.05) is 0 Å². The first-order chi connectivity index (χ1) is 10.7. The van der Waals surface area contributed by atoms with Crippen molar-refractivity contribution < 1.29 is 9.53 Å². The molecule has 9 heteroatoms. The second-order valence-electron chi connectivity index (χ2n) is 6.00. The van der Waals surface area contributed by atoms with Gasteiger partial charge in [0.05, 0.1) is 6.54 Å². The summed E-state index contributed by atoms with van der Waals surface area (Å²) in [4.78, 5) is 15.6. The minimum absolute atomic E-state index is 0.429. The number of amides is 1. The number of aromatic nitrogens is 3. The Hall–Kier alpha value is -2.32. The van der Waals surface area contributed by atoms with E-state index in [9.17, 15) is 4.79 Å². The predicted octanol–water partition coefficient (Wildman–Crippen LogP) is 0.313. The van der Waals surface area contributed by atoms with Crippen LogP contribution in [0.25, 0.3) is 0 Å². The second kappa shape index (κ2) is 8.35. The number of carbonyl (C=O) groups is 1. The normalized spacial score (nSPS) is 12.0. The molecular formula is C14H27N7O2. The number of rotatable bonds is 5. The van der Waals surface area contributed by atoms with Crippen molar-refractivity contribution in [3.63, 3.8) is 0 Å². The van der Waals surface area contributed by atoms with Crippen molar-refractivity contribution in [2.45, 2.75) is 39.8 Å². The minimum Gasteiger partial charge on any atom is -0.444 e. The Morgan fingerprint density at radius 2 is 1.87 bits per heavy atom. The molecule has 1 aromatic rings. The highest BCUT2D eigenvalue weighted by atomic mass is 16.6. The van der Waals surface area contributed by atoms with Crippen molar-refractivity contribution in [2.75, 3.05) is 20.1 Å². The third-order valence-electron chi connectivity index (χ3n) is 2.91. The van der Waals surface area contributed by atoms with Crippen LogP contribution in [-0.4, -0.2) is 52.6 Å². The van der Waals surface area contributed by atoms with Gasteiger partial charge in [0.2, 0.25) is 0 Å². The van der Waals surface area contributed by atoms with Crippen LogP contribution in [0, 0.1) is 6.92 Å². The lowest BCUT2D eigenvalue weighted by molar-refractivity contribution is 0.0529. The van der Waals surface area contributed by atoms with Crippen molar-refractivity contribution in [3.8, 4) is 0 Å². The van der Waals surface area contributed by atoms with Crippen LogP contribution >= 0.6 is 0 Å². The average molecular weight is 325 g/mol. The van der Waals surface area contributed by atoms with Crippen LogP contribution in [0.1, 0.15) is 32.4 Å². The topological polar surface area (TPSA) is 105 Å². The van der Waals surface area contributed by atoms with Crippen molar-refractivity contribution in [1.29, 1.82) is 0 Å². The number of hydrogen-bond donors (Lipinski definition) is 3. The minimum atomic E-state index is -0.497. The lowest BCUT2D eigenvalue weighted by atomic mass is 10.2. The fraction of sp³-hybridized carbons (Fsp3) is 0.714. The van der Waals surface area contributed by atoms with Crippen LogP contribution < -0.4 is 16.0 Å². The Morgan fingerprint density at radius 1 is 1.22 bits per heavy atom. The van der Waals surface area contributed by atoms with Gasteiger partial charge in [-0.3, -0.25) is 4.99 Å². The molecule has 0 aliphatic rings. The summed E-state index contributed by atoms with van der Waals surface area (Å²) in [7, 11) is 3.59. The maximum atomic E-state index is 11.5. The number of aryl methyl sites for hydroxylation is 1. The van der Waals surface area contributed by atoms with Crippen molar-refractivity contribution in [2.24, 2.45) is 12.0 Å². The molecule has 0 fully saturated rings. The summed E-state index contributed by atoms with van der Waals surface area (Å²) in [6.45, 7) is 8.83. The van der Waals surface area contributed by atoms with E-state index in [0.717, 1.165) is 11.6 Å². The molecule has 1 heterocycles. The van der Waals surface area contributed by atoms with Crippen LogP contribution in [0.15, 0.2) is 4.99 Å². The lowest BCUT2D eigenvalue weighted by Crippen LogP contribution is -2.42.